The molecule has 0 saturated heterocycles. The van der Waals surface area contributed by atoms with Crippen LogP contribution in [-0.2, 0) is 0 Å². The van der Waals surface area contributed by atoms with Gasteiger partial charge in [0.2, 0.25) is 0 Å². The summed E-state index contributed by atoms with van der Waals surface area (Å²) in [6.45, 7) is 0. The lowest BCUT2D eigenvalue weighted by molar-refractivity contribution is 2.32. The van der Waals surface area contributed by atoms with Crippen LogP contribution in [-0.4, -0.2) is 12.5 Å². The minimum atomic E-state index is 0.854. The maximum Gasteiger partial charge on any atom is 0.0795 e. The molecule has 0 unspecified atom stereocenters. The lowest BCUT2D eigenvalue weighted by Crippen LogP contribution is -1.52. The van der Waals surface area contributed by atoms with Crippen molar-refractivity contribution < 1.29 is 0 Å². The summed E-state index contributed by atoms with van der Waals surface area (Å²) in [5.74, 6) is 0. The maximum atomic E-state index is 5.57. The van der Waals surface area contributed by atoms with Crippen LogP contribution in [0.5, 0.6) is 0 Å². The van der Waals surface area contributed by atoms with Crippen molar-refractivity contribution in [2.24, 2.45) is 0 Å². The molecule has 0 fully saturated rings. The highest BCUT2D eigenvalue weighted by Gasteiger charge is 1.81. The topological polar surface area (TPSA) is 0 Å². The van der Waals surface area contributed by atoms with Gasteiger partial charge in [-0.2, -0.15) is 0 Å². The van der Waals surface area contributed by atoms with Crippen LogP contribution in [0.3, 0.4) is 0 Å². The highest BCUT2D eigenvalue weighted by Crippen LogP contribution is 2.18. The van der Waals surface area contributed by atoms with Gasteiger partial charge in [-0.3, -0.25) is 0 Å². The average molecular weight is 155 g/mol. The van der Waals surface area contributed by atoms with E-state index in [1.165, 1.54) is 0 Å². The Morgan fingerprint density at radius 1 is 1.57 bits per heavy atom. The predicted molar refractivity (Wildman–Crippen MR) is 41.0 cm³/mol. The summed E-state index contributed by atoms with van der Waals surface area (Å²) < 4.78 is 0.854. The molecule has 0 heterocycles. The fourth-order valence-corrected chi connectivity index (χ4v) is 1.27. The first-order chi connectivity index (χ1) is 3.31. The molecule has 0 aromatic carbocycles. The lowest BCUT2D eigenvalue weighted by atomic mass is 11.2. The Kier molecular flexibility index (Phi) is 5.39. The molecular weight excluding hydrogens is 148 g/mol. The molecule has 0 aliphatic heterocycles. The minimum Gasteiger partial charge on any atom is -0.135 e. The van der Waals surface area contributed by atoms with Crippen LogP contribution in [0.1, 0.15) is 0 Å². The lowest BCUT2D eigenvalue weighted by Gasteiger charge is -1.84. The van der Waals surface area contributed by atoms with Gasteiger partial charge in [-0.1, -0.05) is 11.6 Å². The Labute approximate surface area is 57.7 Å². The normalized spacial score (nSPS) is 12.1. The molecule has 0 aliphatic carbocycles. The Morgan fingerprint density at radius 2 is 2.14 bits per heavy atom. The van der Waals surface area contributed by atoms with Gasteiger partial charge >= 0.3 is 0 Å². The first kappa shape index (κ1) is 7.73. The molecule has 0 aliphatic rings. The van der Waals surface area contributed by atoms with Crippen molar-refractivity contribution in [1.29, 1.82) is 0 Å². The summed E-state index contributed by atoms with van der Waals surface area (Å²) in [7, 11) is 0. The van der Waals surface area contributed by atoms with Crippen LogP contribution in [0, 0.1) is 0 Å². The van der Waals surface area contributed by atoms with E-state index in [0.717, 1.165) is 4.36 Å². The Morgan fingerprint density at radius 3 is 2.29 bits per heavy atom. The van der Waals surface area contributed by atoms with E-state index in [4.69, 9.17) is 11.6 Å². The van der Waals surface area contributed by atoms with E-state index in [1.807, 2.05) is 17.9 Å². The van der Waals surface area contributed by atoms with Crippen molar-refractivity contribution in [3.8, 4) is 0 Å². The van der Waals surface area contributed by atoms with Crippen LogP contribution in [0.4, 0.5) is 0 Å². The van der Waals surface area contributed by atoms with Crippen molar-refractivity contribution in [3.05, 3.63) is 9.77 Å². The van der Waals surface area contributed by atoms with E-state index in [9.17, 15) is 0 Å². The zero-order valence-corrected chi connectivity index (χ0v) is 6.66. The van der Waals surface area contributed by atoms with Gasteiger partial charge in [0.15, 0.2) is 0 Å². The summed E-state index contributed by atoms with van der Waals surface area (Å²) in [6, 6.07) is 0. The molecule has 0 aromatic rings. The van der Waals surface area contributed by atoms with Gasteiger partial charge in [0.05, 0.1) is 4.36 Å². The van der Waals surface area contributed by atoms with Gasteiger partial charge in [-0.15, -0.1) is 23.5 Å². The Bertz CT molecular complexity index is 70.1. The Hall–Kier alpha value is 0.730. The second-order valence-corrected chi connectivity index (χ2v) is 3.05. The molecular formula is C4H7ClS2. The van der Waals surface area contributed by atoms with Gasteiger partial charge in [-0.05, 0) is 17.9 Å². The van der Waals surface area contributed by atoms with Gasteiger partial charge in [-0.25, -0.2) is 0 Å². The zero-order chi connectivity index (χ0) is 5.70. The number of hydrogen-bond acceptors (Lipinski definition) is 2. The minimum absolute atomic E-state index is 0.854. The molecule has 3 heteroatoms. The number of thioether (sulfide) groups is 2. The summed E-state index contributed by atoms with van der Waals surface area (Å²) in [5.41, 5.74) is 0. The molecule has 7 heavy (non-hydrogen) atoms. The van der Waals surface area contributed by atoms with Gasteiger partial charge < -0.3 is 0 Å². The standard InChI is InChI=1S/C4H7ClS2/c1-6-3-4(5)7-2/h3H,1-2H3/b4-3-. The van der Waals surface area contributed by atoms with Crippen LogP contribution in [0.2, 0.25) is 0 Å². The van der Waals surface area contributed by atoms with Gasteiger partial charge in [0.25, 0.3) is 0 Å². The van der Waals surface area contributed by atoms with Crippen molar-refractivity contribution in [2.45, 2.75) is 0 Å². The third-order valence-corrected chi connectivity index (χ3v) is 2.24. The van der Waals surface area contributed by atoms with Crippen LogP contribution < -0.4 is 0 Å². The second kappa shape index (κ2) is 4.88. The summed E-state index contributed by atoms with van der Waals surface area (Å²) in [5, 5.41) is 1.91. The third-order valence-electron chi connectivity index (χ3n) is 0.406. The number of hydrogen-bond donors (Lipinski definition) is 0. The van der Waals surface area contributed by atoms with Crippen molar-refractivity contribution >= 4 is 35.1 Å². The fraction of sp³-hybridized carbons (Fsp3) is 0.500. The first-order valence-electron chi connectivity index (χ1n) is 1.73. The monoisotopic (exact) mass is 154 g/mol. The highest BCUT2D eigenvalue weighted by atomic mass is 35.5. The van der Waals surface area contributed by atoms with E-state index in [1.54, 1.807) is 23.5 Å². The summed E-state index contributed by atoms with van der Waals surface area (Å²) >= 11 is 8.74. The number of halogens is 1. The van der Waals surface area contributed by atoms with E-state index in [2.05, 4.69) is 0 Å². The zero-order valence-electron chi connectivity index (χ0n) is 4.27. The van der Waals surface area contributed by atoms with Crippen molar-refractivity contribution in [2.75, 3.05) is 12.5 Å². The first-order valence-corrected chi connectivity index (χ1v) is 4.62. The molecule has 0 amide bonds. The molecule has 0 saturated carbocycles. The predicted octanol–water partition coefficient (Wildman–Crippen LogP) is 2.75. The fourth-order valence-electron chi connectivity index (χ4n) is 0.141. The third kappa shape index (κ3) is 4.59. The van der Waals surface area contributed by atoms with E-state index < -0.39 is 0 Å². The molecule has 0 nitrogen and oxygen atoms in total. The van der Waals surface area contributed by atoms with E-state index in [0.29, 0.717) is 0 Å². The molecule has 0 rings (SSSR count). The van der Waals surface area contributed by atoms with Crippen LogP contribution in [0.15, 0.2) is 9.77 Å². The second-order valence-electron chi connectivity index (χ2n) is 0.862. The van der Waals surface area contributed by atoms with E-state index >= 15 is 0 Å². The Balaban J connectivity index is 3.29. The quantitative estimate of drug-likeness (QED) is 0.600. The summed E-state index contributed by atoms with van der Waals surface area (Å²) in [6.07, 6.45) is 3.94. The van der Waals surface area contributed by atoms with Crippen LogP contribution >= 0.6 is 35.1 Å². The van der Waals surface area contributed by atoms with Crippen molar-refractivity contribution in [3.63, 3.8) is 0 Å². The molecule has 0 aromatic heterocycles. The highest BCUT2D eigenvalue weighted by molar-refractivity contribution is 8.06. The van der Waals surface area contributed by atoms with E-state index in [-0.39, 0.29) is 0 Å². The summed E-state index contributed by atoms with van der Waals surface area (Å²) in [4.78, 5) is 0. The molecule has 0 bridgehead atoms. The van der Waals surface area contributed by atoms with Gasteiger partial charge in [0, 0.05) is 0 Å². The smallest absolute Gasteiger partial charge is 0.0795 e. The molecule has 42 valence electrons. The molecule has 0 radical (unpaired) electrons. The van der Waals surface area contributed by atoms with Crippen LogP contribution in [0.25, 0.3) is 0 Å². The average Bonchev–Trinajstić information content (AvgIpc) is 1.68. The van der Waals surface area contributed by atoms with Crippen molar-refractivity contribution in [1.82, 2.24) is 0 Å². The maximum absolute atomic E-state index is 5.57. The SMILES string of the molecule is CS/C=C(/Cl)SC. The molecule has 0 spiro atoms. The number of rotatable bonds is 2. The van der Waals surface area contributed by atoms with Gasteiger partial charge in [0.1, 0.15) is 0 Å². The largest absolute Gasteiger partial charge is 0.135 e. The molecule has 0 atom stereocenters. The molecule has 0 N–H and O–H groups in total.